The topological polar surface area (TPSA) is 12.0 Å². The van der Waals surface area contributed by atoms with Crippen molar-refractivity contribution in [2.24, 2.45) is 0 Å². The molecule has 1 aromatic rings. The second-order valence-corrected chi connectivity index (χ2v) is 5.79. The third kappa shape index (κ3) is 1.78. The smallest absolute Gasteiger partial charge is 0.00903 e. The Labute approximate surface area is 98.3 Å². The normalized spacial score (nSPS) is 32.6. The van der Waals surface area contributed by atoms with Gasteiger partial charge in [-0.15, -0.1) is 0 Å². The number of benzene rings is 1. The van der Waals surface area contributed by atoms with Gasteiger partial charge in [-0.2, -0.15) is 0 Å². The maximum Gasteiger partial charge on any atom is 0.00903 e. The summed E-state index contributed by atoms with van der Waals surface area (Å²) < 4.78 is 0. The lowest BCUT2D eigenvalue weighted by molar-refractivity contribution is 0.161. The van der Waals surface area contributed by atoms with Crippen LogP contribution in [0.5, 0.6) is 0 Å². The molecule has 2 aliphatic heterocycles. The van der Waals surface area contributed by atoms with Gasteiger partial charge in [-0.25, -0.2) is 0 Å². The summed E-state index contributed by atoms with van der Waals surface area (Å²) in [6.07, 6.45) is 4.11. The third-order valence-corrected chi connectivity index (χ3v) is 4.25. The molecule has 0 spiro atoms. The lowest BCUT2D eigenvalue weighted by Gasteiger charge is -2.46. The second kappa shape index (κ2) is 3.89. The van der Waals surface area contributed by atoms with E-state index >= 15 is 0 Å². The minimum atomic E-state index is 0.649. The lowest BCUT2D eigenvalue weighted by Crippen LogP contribution is -2.57. The van der Waals surface area contributed by atoms with Gasteiger partial charge >= 0.3 is 0 Å². The van der Waals surface area contributed by atoms with Gasteiger partial charge in [0.1, 0.15) is 0 Å². The fraction of sp³-hybridized carbons (Fsp3) is 0.600. The van der Waals surface area contributed by atoms with Gasteiger partial charge < -0.3 is 5.32 Å². The minimum absolute atomic E-state index is 0.649. The monoisotopic (exact) mass is 215 g/mol. The van der Waals surface area contributed by atoms with Crippen LogP contribution in [0.3, 0.4) is 0 Å². The van der Waals surface area contributed by atoms with Crippen LogP contribution in [-0.2, 0) is 0 Å². The van der Waals surface area contributed by atoms with Crippen LogP contribution in [0.2, 0.25) is 0 Å². The molecule has 3 fully saturated rings. The van der Waals surface area contributed by atoms with Crippen molar-refractivity contribution >= 4 is 0 Å². The zero-order chi connectivity index (χ0) is 11.1. The Bertz CT molecular complexity index is 350. The molecule has 1 aromatic carbocycles. The number of fused-ring (bicyclic) bond motifs is 2. The van der Waals surface area contributed by atoms with E-state index < -0.39 is 0 Å². The van der Waals surface area contributed by atoms with Gasteiger partial charge in [-0.3, -0.25) is 0 Å². The van der Waals surface area contributed by atoms with Crippen LogP contribution in [-0.4, -0.2) is 12.1 Å². The Kier molecular flexibility index (Phi) is 2.51. The number of nitrogens with one attached hydrogen (secondary N) is 1. The Balaban J connectivity index is 1.74. The van der Waals surface area contributed by atoms with Crippen LogP contribution in [0.25, 0.3) is 0 Å². The summed E-state index contributed by atoms with van der Waals surface area (Å²) in [5.41, 5.74) is 3.02. The van der Waals surface area contributed by atoms with Crippen molar-refractivity contribution in [1.29, 1.82) is 0 Å². The van der Waals surface area contributed by atoms with Gasteiger partial charge in [0.2, 0.25) is 0 Å². The van der Waals surface area contributed by atoms with Gasteiger partial charge in [0.05, 0.1) is 0 Å². The minimum Gasteiger partial charge on any atom is -0.311 e. The Morgan fingerprint density at radius 3 is 2.06 bits per heavy atom. The summed E-state index contributed by atoms with van der Waals surface area (Å²) in [5.74, 6) is 1.46. The largest absolute Gasteiger partial charge is 0.311 e. The van der Waals surface area contributed by atoms with Crippen LogP contribution < -0.4 is 5.32 Å². The fourth-order valence-corrected chi connectivity index (χ4v) is 3.19. The fourth-order valence-electron chi connectivity index (χ4n) is 3.19. The first kappa shape index (κ1) is 10.3. The predicted octanol–water partition coefficient (Wildman–Crippen LogP) is 3.42. The van der Waals surface area contributed by atoms with E-state index in [0.717, 1.165) is 18.0 Å². The molecule has 4 rings (SSSR count). The van der Waals surface area contributed by atoms with Crippen molar-refractivity contribution in [3.63, 3.8) is 0 Å². The maximum absolute atomic E-state index is 3.61. The first-order valence-corrected chi connectivity index (χ1v) is 6.58. The maximum atomic E-state index is 3.61. The van der Waals surface area contributed by atoms with Crippen LogP contribution in [0.15, 0.2) is 24.3 Å². The molecule has 2 unspecified atom stereocenters. The Morgan fingerprint density at radius 1 is 1.00 bits per heavy atom. The number of hydrogen-bond donors (Lipinski definition) is 1. The summed E-state index contributed by atoms with van der Waals surface area (Å²) in [7, 11) is 0. The molecule has 1 aliphatic carbocycles. The van der Waals surface area contributed by atoms with E-state index in [-0.39, 0.29) is 0 Å². The SMILES string of the molecule is CC(C)c1ccc(C2CC3CC(C2)N3)cc1. The number of hydrogen-bond acceptors (Lipinski definition) is 1. The van der Waals surface area contributed by atoms with Crippen LogP contribution in [0.1, 0.15) is 56.1 Å². The first-order chi connectivity index (χ1) is 7.72. The highest BCUT2D eigenvalue weighted by molar-refractivity contribution is 5.28. The van der Waals surface area contributed by atoms with Gasteiger partial charge in [0.15, 0.2) is 0 Å². The van der Waals surface area contributed by atoms with Crippen molar-refractivity contribution in [2.45, 2.75) is 57.0 Å². The van der Waals surface area contributed by atoms with Gasteiger partial charge in [0.25, 0.3) is 0 Å². The van der Waals surface area contributed by atoms with Crippen molar-refractivity contribution in [3.8, 4) is 0 Å². The predicted molar refractivity (Wildman–Crippen MR) is 67.8 cm³/mol. The molecule has 1 N–H and O–H groups in total. The molecular weight excluding hydrogens is 194 g/mol. The van der Waals surface area contributed by atoms with Crippen LogP contribution in [0, 0.1) is 0 Å². The molecule has 2 bridgehead atoms. The Hall–Kier alpha value is -0.820. The molecule has 16 heavy (non-hydrogen) atoms. The number of piperidine rings is 1. The summed E-state index contributed by atoms with van der Waals surface area (Å²) in [5, 5.41) is 3.61. The molecule has 2 atom stereocenters. The van der Waals surface area contributed by atoms with Gasteiger partial charge in [-0.05, 0) is 42.2 Å². The highest BCUT2D eigenvalue weighted by Gasteiger charge is 2.37. The number of rotatable bonds is 2. The first-order valence-electron chi connectivity index (χ1n) is 6.58. The van der Waals surface area contributed by atoms with Crippen molar-refractivity contribution in [2.75, 3.05) is 0 Å². The molecule has 0 amide bonds. The molecule has 86 valence electrons. The molecule has 1 heteroatoms. The second-order valence-electron chi connectivity index (χ2n) is 5.79. The highest BCUT2D eigenvalue weighted by Crippen LogP contribution is 2.39. The molecular formula is C15H21N. The Morgan fingerprint density at radius 2 is 1.56 bits per heavy atom. The van der Waals surface area contributed by atoms with Crippen LogP contribution in [0.4, 0.5) is 0 Å². The van der Waals surface area contributed by atoms with Crippen molar-refractivity contribution in [1.82, 2.24) is 5.32 Å². The van der Waals surface area contributed by atoms with E-state index in [1.807, 2.05) is 0 Å². The average Bonchev–Trinajstić information content (AvgIpc) is 2.28. The standard InChI is InChI=1S/C15H21N/c1-10(2)11-3-5-12(6-4-11)13-7-14-9-15(8-13)16-14/h3-6,10,13-16H,7-9H2,1-2H3. The van der Waals surface area contributed by atoms with E-state index in [2.05, 4.69) is 43.4 Å². The average molecular weight is 215 g/mol. The van der Waals surface area contributed by atoms with Crippen molar-refractivity contribution in [3.05, 3.63) is 35.4 Å². The zero-order valence-corrected chi connectivity index (χ0v) is 10.2. The summed E-state index contributed by atoms with van der Waals surface area (Å²) in [6.45, 7) is 4.52. The zero-order valence-electron chi connectivity index (χ0n) is 10.2. The molecule has 3 aliphatic rings. The lowest BCUT2D eigenvalue weighted by atomic mass is 9.73. The molecule has 0 radical (unpaired) electrons. The molecule has 2 heterocycles. The molecule has 2 saturated heterocycles. The molecule has 1 saturated carbocycles. The van der Waals surface area contributed by atoms with E-state index in [1.165, 1.54) is 24.8 Å². The van der Waals surface area contributed by atoms with Gasteiger partial charge in [0, 0.05) is 12.1 Å². The third-order valence-electron chi connectivity index (χ3n) is 4.25. The molecule has 0 aromatic heterocycles. The van der Waals surface area contributed by atoms with E-state index in [9.17, 15) is 0 Å². The van der Waals surface area contributed by atoms with Gasteiger partial charge in [-0.1, -0.05) is 38.1 Å². The molecule has 1 nitrogen and oxygen atoms in total. The van der Waals surface area contributed by atoms with E-state index in [0.29, 0.717) is 5.92 Å². The summed E-state index contributed by atoms with van der Waals surface area (Å²) in [4.78, 5) is 0. The van der Waals surface area contributed by atoms with Crippen molar-refractivity contribution < 1.29 is 0 Å². The van der Waals surface area contributed by atoms with Crippen LogP contribution >= 0.6 is 0 Å². The summed E-state index contributed by atoms with van der Waals surface area (Å²) >= 11 is 0. The summed E-state index contributed by atoms with van der Waals surface area (Å²) in [6, 6.07) is 11.0. The quantitative estimate of drug-likeness (QED) is 0.797. The highest BCUT2D eigenvalue weighted by atomic mass is 15.0. The van der Waals surface area contributed by atoms with E-state index in [4.69, 9.17) is 0 Å². The van der Waals surface area contributed by atoms with E-state index in [1.54, 1.807) is 5.56 Å².